The molecule has 0 aliphatic carbocycles. The van der Waals surface area contributed by atoms with Crippen molar-refractivity contribution >= 4 is 5.69 Å². The Balaban J connectivity index is 2.09. The minimum absolute atomic E-state index is 0.0563. The van der Waals surface area contributed by atoms with Crippen molar-refractivity contribution in [3.8, 4) is 11.8 Å². The van der Waals surface area contributed by atoms with E-state index >= 15 is 0 Å². The highest BCUT2D eigenvalue weighted by Crippen LogP contribution is 2.24. The quantitative estimate of drug-likeness (QED) is 0.907. The number of benzene rings is 1. The zero-order chi connectivity index (χ0) is 14.5. The van der Waals surface area contributed by atoms with Gasteiger partial charge in [-0.2, -0.15) is 10.4 Å². The van der Waals surface area contributed by atoms with Crippen molar-refractivity contribution in [2.24, 2.45) is 7.05 Å². The Morgan fingerprint density at radius 1 is 1.50 bits per heavy atom. The van der Waals surface area contributed by atoms with E-state index in [1.54, 1.807) is 0 Å². The van der Waals surface area contributed by atoms with Crippen LogP contribution >= 0.6 is 0 Å². The second-order valence-electron chi connectivity index (χ2n) is 4.68. The Bertz CT molecular complexity index is 627. The average molecular weight is 270 g/mol. The molecular formula is C15H18N4O. The van der Waals surface area contributed by atoms with Crippen molar-refractivity contribution in [1.82, 2.24) is 9.78 Å². The van der Waals surface area contributed by atoms with E-state index in [4.69, 9.17) is 10.00 Å². The zero-order valence-corrected chi connectivity index (χ0v) is 11.9. The fraction of sp³-hybridized carbons (Fsp3) is 0.333. The molecule has 1 aromatic heterocycles. The zero-order valence-electron chi connectivity index (χ0n) is 11.9. The number of nitrogens with one attached hydrogen (secondary N) is 1. The maximum Gasteiger partial charge on any atom is 0.174 e. The number of nitrogens with zero attached hydrogens (tertiary/aromatic N) is 3. The van der Waals surface area contributed by atoms with Gasteiger partial charge in [-0.15, -0.1) is 0 Å². The molecule has 1 aromatic carbocycles. The Morgan fingerprint density at radius 3 is 2.95 bits per heavy atom. The fourth-order valence-electron chi connectivity index (χ4n) is 2.16. The predicted octanol–water partition coefficient (Wildman–Crippen LogP) is 2.80. The van der Waals surface area contributed by atoms with Crippen LogP contribution in [0.1, 0.15) is 24.2 Å². The van der Waals surface area contributed by atoms with Gasteiger partial charge in [0.15, 0.2) is 6.61 Å². The van der Waals surface area contributed by atoms with E-state index in [0.29, 0.717) is 5.75 Å². The lowest BCUT2D eigenvalue weighted by Crippen LogP contribution is -2.07. The van der Waals surface area contributed by atoms with Gasteiger partial charge in [0.1, 0.15) is 11.8 Å². The van der Waals surface area contributed by atoms with Crippen LogP contribution in [-0.4, -0.2) is 16.4 Å². The first-order chi connectivity index (χ1) is 9.60. The summed E-state index contributed by atoms with van der Waals surface area (Å²) >= 11 is 0. The van der Waals surface area contributed by atoms with E-state index in [0.717, 1.165) is 16.9 Å². The molecule has 0 aliphatic heterocycles. The van der Waals surface area contributed by atoms with Gasteiger partial charge < -0.3 is 10.1 Å². The van der Waals surface area contributed by atoms with Crippen LogP contribution in [0, 0.1) is 18.3 Å². The van der Waals surface area contributed by atoms with E-state index < -0.39 is 0 Å². The molecule has 0 amide bonds. The molecule has 5 nitrogen and oxygen atoms in total. The maximum absolute atomic E-state index is 8.52. The third-order valence-electron chi connectivity index (χ3n) is 3.04. The summed E-state index contributed by atoms with van der Waals surface area (Å²) in [6.07, 6.45) is 2.02. The first-order valence-electron chi connectivity index (χ1n) is 6.46. The monoisotopic (exact) mass is 270 g/mol. The number of aromatic nitrogens is 2. The van der Waals surface area contributed by atoms with Crippen LogP contribution in [0.15, 0.2) is 30.5 Å². The molecule has 0 spiro atoms. The number of ether oxygens (including phenoxy) is 1. The number of hydrogen-bond acceptors (Lipinski definition) is 4. The first kappa shape index (κ1) is 13.9. The predicted molar refractivity (Wildman–Crippen MR) is 77.5 cm³/mol. The Hall–Kier alpha value is -2.48. The summed E-state index contributed by atoms with van der Waals surface area (Å²) in [6.45, 7) is 4.15. The standard InChI is InChI=1S/C15H18N4O/c1-11(15-10-19(3)18-12(15)2)17-13-5-4-6-14(9-13)20-8-7-16/h4-6,9-11,17H,8H2,1-3H3. The number of nitriles is 1. The van der Waals surface area contributed by atoms with E-state index in [1.165, 1.54) is 0 Å². The van der Waals surface area contributed by atoms with Gasteiger partial charge in [0.25, 0.3) is 0 Å². The lowest BCUT2D eigenvalue weighted by Gasteiger charge is -2.15. The van der Waals surface area contributed by atoms with Crippen molar-refractivity contribution in [3.63, 3.8) is 0 Å². The highest BCUT2D eigenvalue weighted by atomic mass is 16.5. The second-order valence-corrected chi connectivity index (χ2v) is 4.68. The molecule has 0 saturated heterocycles. The number of anilines is 1. The molecule has 0 aliphatic rings. The SMILES string of the molecule is Cc1nn(C)cc1C(C)Nc1cccc(OCC#N)c1. The topological polar surface area (TPSA) is 62.9 Å². The molecule has 1 heterocycles. The molecule has 104 valence electrons. The Morgan fingerprint density at radius 2 is 2.30 bits per heavy atom. The summed E-state index contributed by atoms with van der Waals surface area (Å²) in [7, 11) is 1.92. The molecule has 1 unspecified atom stereocenters. The molecule has 0 fully saturated rings. The molecule has 0 bridgehead atoms. The van der Waals surface area contributed by atoms with Crippen LogP contribution in [0.5, 0.6) is 5.75 Å². The lowest BCUT2D eigenvalue weighted by molar-refractivity contribution is 0.368. The highest BCUT2D eigenvalue weighted by molar-refractivity contribution is 5.50. The summed E-state index contributed by atoms with van der Waals surface area (Å²) in [6, 6.07) is 9.71. The Labute approximate surface area is 118 Å². The largest absolute Gasteiger partial charge is 0.479 e. The normalized spacial score (nSPS) is 11.7. The minimum Gasteiger partial charge on any atom is -0.479 e. The summed E-state index contributed by atoms with van der Waals surface area (Å²) < 4.78 is 7.11. The Kier molecular flexibility index (Phi) is 4.26. The number of hydrogen-bond donors (Lipinski definition) is 1. The van der Waals surface area contributed by atoms with Crippen molar-refractivity contribution in [2.45, 2.75) is 19.9 Å². The van der Waals surface area contributed by atoms with Crippen LogP contribution in [0.2, 0.25) is 0 Å². The van der Waals surface area contributed by atoms with Crippen LogP contribution in [0.3, 0.4) is 0 Å². The van der Waals surface area contributed by atoms with Crippen molar-refractivity contribution in [2.75, 3.05) is 11.9 Å². The van der Waals surface area contributed by atoms with Gasteiger partial charge in [-0.25, -0.2) is 0 Å². The molecule has 5 heteroatoms. The van der Waals surface area contributed by atoms with E-state index in [-0.39, 0.29) is 12.6 Å². The molecule has 2 rings (SSSR count). The third kappa shape index (κ3) is 3.29. The molecular weight excluding hydrogens is 252 g/mol. The second kappa shape index (κ2) is 6.11. The molecule has 1 atom stereocenters. The van der Waals surface area contributed by atoms with Gasteiger partial charge in [0.2, 0.25) is 0 Å². The third-order valence-corrected chi connectivity index (χ3v) is 3.04. The van der Waals surface area contributed by atoms with Crippen molar-refractivity contribution in [3.05, 3.63) is 41.7 Å². The van der Waals surface area contributed by atoms with Gasteiger partial charge in [-0.1, -0.05) is 6.07 Å². The maximum atomic E-state index is 8.52. The number of rotatable bonds is 5. The minimum atomic E-state index is 0.0563. The van der Waals surface area contributed by atoms with E-state index in [9.17, 15) is 0 Å². The van der Waals surface area contributed by atoms with Crippen molar-refractivity contribution in [1.29, 1.82) is 5.26 Å². The number of aryl methyl sites for hydroxylation is 2. The molecule has 0 saturated carbocycles. The molecule has 2 aromatic rings. The summed E-state index contributed by atoms with van der Waals surface area (Å²) in [5.74, 6) is 0.687. The van der Waals surface area contributed by atoms with E-state index in [2.05, 4.69) is 17.3 Å². The highest BCUT2D eigenvalue weighted by Gasteiger charge is 2.11. The molecule has 0 radical (unpaired) electrons. The summed E-state index contributed by atoms with van der Waals surface area (Å²) in [4.78, 5) is 0. The van der Waals surface area contributed by atoms with E-state index in [1.807, 2.05) is 55.2 Å². The van der Waals surface area contributed by atoms with Crippen molar-refractivity contribution < 1.29 is 4.74 Å². The lowest BCUT2D eigenvalue weighted by atomic mass is 10.1. The van der Waals surface area contributed by atoms with Crippen LogP contribution in [-0.2, 0) is 7.05 Å². The summed E-state index contributed by atoms with van der Waals surface area (Å²) in [5, 5.41) is 16.3. The smallest absolute Gasteiger partial charge is 0.174 e. The summed E-state index contributed by atoms with van der Waals surface area (Å²) in [5.41, 5.74) is 3.14. The van der Waals surface area contributed by atoms with Gasteiger partial charge in [-0.3, -0.25) is 4.68 Å². The van der Waals surface area contributed by atoms with Gasteiger partial charge >= 0.3 is 0 Å². The van der Waals surface area contributed by atoms with Crippen LogP contribution < -0.4 is 10.1 Å². The molecule has 20 heavy (non-hydrogen) atoms. The van der Waals surface area contributed by atoms with Crippen LogP contribution in [0.4, 0.5) is 5.69 Å². The molecule has 1 N–H and O–H groups in total. The van der Waals surface area contributed by atoms with Crippen LogP contribution in [0.25, 0.3) is 0 Å². The van der Waals surface area contributed by atoms with Gasteiger partial charge in [-0.05, 0) is 26.0 Å². The first-order valence-corrected chi connectivity index (χ1v) is 6.46. The van der Waals surface area contributed by atoms with Gasteiger partial charge in [0, 0.05) is 30.6 Å². The van der Waals surface area contributed by atoms with Gasteiger partial charge in [0.05, 0.1) is 11.7 Å². The fourth-order valence-corrected chi connectivity index (χ4v) is 2.16. The average Bonchev–Trinajstić information content (AvgIpc) is 2.76.